The molecule has 0 spiro atoms. The Morgan fingerprint density at radius 1 is 1.42 bits per heavy atom. The Kier molecular flexibility index (Phi) is 3.27. The summed E-state index contributed by atoms with van der Waals surface area (Å²) in [4.78, 5) is 4.83. The molecule has 1 aromatic carbocycles. The highest BCUT2D eigenvalue weighted by Crippen LogP contribution is 2.41. The number of imidazole rings is 1. The fourth-order valence-corrected chi connectivity index (χ4v) is 2.91. The zero-order valence-corrected chi connectivity index (χ0v) is 12.2. The van der Waals surface area contributed by atoms with Crippen molar-refractivity contribution in [3.05, 3.63) is 29.0 Å². The number of fused-ring (bicyclic) bond motifs is 1. The summed E-state index contributed by atoms with van der Waals surface area (Å²) in [5.74, 6) is 1.94. The number of hydrogen-bond donors (Lipinski definition) is 1. The van der Waals surface area contributed by atoms with Gasteiger partial charge in [-0.1, -0.05) is 25.4 Å². The van der Waals surface area contributed by atoms with Crippen molar-refractivity contribution in [1.29, 1.82) is 0 Å². The lowest BCUT2D eigenvalue weighted by molar-refractivity contribution is 0.464. The molecule has 1 heterocycles. The van der Waals surface area contributed by atoms with Gasteiger partial charge in [-0.25, -0.2) is 4.98 Å². The van der Waals surface area contributed by atoms with Gasteiger partial charge in [0.05, 0.1) is 11.0 Å². The third kappa shape index (κ3) is 2.26. The molecule has 19 heavy (non-hydrogen) atoms. The van der Waals surface area contributed by atoms with E-state index in [1.165, 1.54) is 18.4 Å². The van der Waals surface area contributed by atoms with Crippen molar-refractivity contribution >= 4 is 22.6 Å². The number of rotatable bonds is 4. The summed E-state index contributed by atoms with van der Waals surface area (Å²) in [7, 11) is 0. The van der Waals surface area contributed by atoms with Gasteiger partial charge in [0.2, 0.25) is 0 Å². The summed E-state index contributed by atoms with van der Waals surface area (Å²) in [5.41, 5.74) is 8.16. The van der Waals surface area contributed by atoms with Crippen molar-refractivity contribution < 1.29 is 0 Å². The Balaban J connectivity index is 2.19. The van der Waals surface area contributed by atoms with Crippen LogP contribution in [0.3, 0.4) is 0 Å². The molecule has 1 atom stereocenters. The van der Waals surface area contributed by atoms with Crippen LogP contribution in [0.15, 0.2) is 18.2 Å². The van der Waals surface area contributed by atoms with Crippen LogP contribution >= 0.6 is 11.6 Å². The van der Waals surface area contributed by atoms with Crippen LogP contribution in [0.4, 0.5) is 0 Å². The van der Waals surface area contributed by atoms with Gasteiger partial charge < -0.3 is 10.3 Å². The lowest BCUT2D eigenvalue weighted by Gasteiger charge is -2.20. The highest BCUT2D eigenvalue weighted by Gasteiger charge is 2.31. The van der Waals surface area contributed by atoms with Crippen LogP contribution < -0.4 is 5.73 Å². The topological polar surface area (TPSA) is 43.8 Å². The molecular weight excluding hydrogens is 258 g/mol. The maximum absolute atomic E-state index is 6.08. The number of halogens is 1. The molecule has 0 saturated heterocycles. The zero-order chi connectivity index (χ0) is 13.6. The monoisotopic (exact) mass is 277 g/mol. The molecule has 4 heteroatoms. The molecule has 0 bridgehead atoms. The van der Waals surface area contributed by atoms with Gasteiger partial charge >= 0.3 is 0 Å². The molecule has 1 saturated carbocycles. The molecule has 3 rings (SSSR count). The van der Waals surface area contributed by atoms with E-state index in [1.807, 2.05) is 12.1 Å². The molecule has 2 N–H and O–H groups in total. The van der Waals surface area contributed by atoms with Gasteiger partial charge in [0.25, 0.3) is 0 Å². The van der Waals surface area contributed by atoms with E-state index in [2.05, 4.69) is 24.5 Å². The minimum atomic E-state index is 0.312. The molecule has 1 fully saturated rings. The average molecular weight is 278 g/mol. The maximum Gasteiger partial charge on any atom is 0.114 e. The van der Waals surface area contributed by atoms with Crippen LogP contribution in [0.5, 0.6) is 0 Å². The van der Waals surface area contributed by atoms with Crippen molar-refractivity contribution in [1.82, 2.24) is 9.55 Å². The van der Waals surface area contributed by atoms with Crippen LogP contribution in [0.25, 0.3) is 11.0 Å². The first-order chi connectivity index (χ1) is 9.11. The van der Waals surface area contributed by atoms with E-state index in [4.69, 9.17) is 22.3 Å². The molecular formula is C15H20ClN3. The summed E-state index contributed by atoms with van der Waals surface area (Å²) >= 11 is 6.08. The summed E-state index contributed by atoms with van der Waals surface area (Å²) in [5, 5.41) is 0.744. The number of hydrogen-bond acceptors (Lipinski definition) is 2. The number of aromatic nitrogens is 2. The standard InChI is InChI=1S/C15H20ClN3/c1-9(2)12(8-17)15-18-13-7-10(16)3-6-14(13)19(15)11-4-5-11/h3,6-7,9,11-12H,4-5,8,17H2,1-2H3. The van der Waals surface area contributed by atoms with Crippen molar-refractivity contribution in [3.8, 4) is 0 Å². The molecule has 102 valence electrons. The van der Waals surface area contributed by atoms with Gasteiger partial charge in [0.1, 0.15) is 5.82 Å². The van der Waals surface area contributed by atoms with Gasteiger partial charge in [0, 0.05) is 23.5 Å². The smallest absolute Gasteiger partial charge is 0.114 e. The second-order valence-corrected chi connectivity index (χ2v) is 6.23. The first-order valence-electron chi connectivity index (χ1n) is 6.99. The molecule has 0 aliphatic heterocycles. The van der Waals surface area contributed by atoms with Crippen molar-refractivity contribution in [3.63, 3.8) is 0 Å². The van der Waals surface area contributed by atoms with Gasteiger partial charge in [0.15, 0.2) is 0 Å². The second-order valence-electron chi connectivity index (χ2n) is 5.79. The van der Waals surface area contributed by atoms with E-state index in [1.54, 1.807) is 0 Å². The quantitative estimate of drug-likeness (QED) is 0.925. The fourth-order valence-electron chi connectivity index (χ4n) is 2.74. The van der Waals surface area contributed by atoms with Crippen LogP contribution in [0, 0.1) is 5.92 Å². The van der Waals surface area contributed by atoms with Crippen LogP contribution in [0.1, 0.15) is 44.5 Å². The lowest BCUT2D eigenvalue weighted by atomic mass is 9.95. The van der Waals surface area contributed by atoms with Crippen molar-refractivity contribution in [2.75, 3.05) is 6.54 Å². The van der Waals surface area contributed by atoms with E-state index in [0.29, 0.717) is 24.4 Å². The van der Waals surface area contributed by atoms with Gasteiger partial charge in [-0.15, -0.1) is 0 Å². The third-order valence-electron chi connectivity index (χ3n) is 3.98. The van der Waals surface area contributed by atoms with Crippen LogP contribution in [-0.4, -0.2) is 16.1 Å². The Bertz CT molecular complexity index is 599. The Hall–Kier alpha value is -1.06. The Labute approximate surface area is 118 Å². The zero-order valence-electron chi connectivity index (χ0n) is 11.4. The summed E-state index contributed by atoms with van der Waals surface area (Å²) in [6, 6.07) is 6.59. The molecule has 2 aromatic rings. The molecule has 0 radical (unpaired) electrons. The predicted molar refractivity (Wildman–Crippen MR) is 79.6 cm³/mol. The van der Waals surface area contributed by atoms with E-state index in [9.17, 15) is 0 Å². The minimum absolute atomic E-state index is 0.312. The Morgan fingerprint density at radius 2 is 2.16 bits per heavy atom. The highest BCUT2D eigenvalue weighted by atomic mass is 35.5. The molecule has 1 aromatic heterocycles. The average Bonchev–Trinajstić information content (AvgIpc) is 3.12. The first-order valence-corrected chi connectivity index (χ1v) is 7.37. The van der Waals surface area contributed by atoms with E-state index >= 15 is 0 Å². The summed E-state index contributed by atoms with van der Waals surface area (Å²) in [6.07, 6.45) is 2.49. The fraction of sp³-hybridized carbons (Fsp3) is 0.533. The van der Waals surface area contributed by atoms with E-state index < -0.39 is 0 Å². The van der Waals surface area contributed by atoms with Crippen molar-refractivity contribution in [2.24, 2.45) is 11.7 Å². The summed E-state index contributed by atoms with van der Waals surface area (Å²) < 4.78 is 2.39. The van der Waals surface area contributed by atoms with Crippen LogP contribution in [0.2, 0.25) is 5.02 Å². The van der Waals surface area contributed by atoms with Gasteiger partial charge in [-0.2, -0.15) is 0 Å². The third-order valence-corrected chi connectivity index (χ3v) is 4.22. The Morgan fingerprint density at radius 3 is 2.74 bits per heavy atom. The second kappa shape index (κ2) is 4.80. The van der Waals surface area contributed by atoms with Crippen molar-refractivity contribution in [2.45, 2.75) is 38.6 Å². The molecule has 3 nitrogen and oxygen atoms in total. The number of nitrogens with two attached hydrogens (primary N) is 1. The number of benzene rings is 1. The predicted octanol–water partition coefficient (Wildman–Crippen LogP) is 3.72. The maximum atomic E-state index is 6.08. The normalized spacial score (nSPS) is 17.3. The summed E-state index contributed by atoms with van der Waals surface area (Å²) in [6.45, 7) is 5.06. The molecule has 1 aliphatic rings. The van der Waals surface area contributed by atoms with Crippen LogP contribution in [-0.2, 0) is 0 Å². The highest BCUT2D eigenvalue weighted by molar-refractivity contribution is 6.31. The molecule has 1 aliphatic carbocycles. The van der Waals surface area contributed by atoms with E-state index in [0.717, 1.165) is 16.4 Å². The lowest BCUT2D eigenvalue weighted by Crippen LogP contribution is -2.21. The van der Waals surface area contributed by atoms with Gasteiger partial charge in [-0.3, -0.25) is 0 Å². The molecule has 0 amide bonds. The largest absolute Gasteiger partial charge is 0.330 e. The first kappa shape index (κ1) is 12.9. The SMILES string of the molecule is CC(C)C(CN)c1nc2cc(Cl)ccc2n1C1CC1. The number of nitrogens with zero attached hydrogens (tertiary/aromatic N) is 2. The van der Waals surface area contributed by atoms with Gasteiger partial charge in [-0.05, 0) is 37.0 Å². The molecule has 1 unspecified atom stereocenters. The van der Waals surface area contributed by atoms with E-state index in [-0.39, 0.29) is 0 Å². The minimum Gasteiger partial charge on any atom is -0.330 e.